The number of carbonyl (C=O) groups is 1. The molecule has 1 atom stereocenters. The second kappa shape index (κ2) is 7.13. The number of nitrogens with zero attached hydrogens (tertiary/aromatic N) is 1. The monoisotopic (exact) mass is 347 g/mol. The summed E-state index contributed by atoms with van der Waals surface area (Å²) in [7, 11) is 3.20. The van der Waals surface area contributed by atoms with Gasteiger partial charge < -0.3 is 14.4 Å². The van der Waals surface area contributed by atoms with E-state index < -0.39 is 0 Å². The van der Waals surface area contributed by atoms with Crippen LogP contribution in [0, 0.1) is 5.82 Å². The largest absolute Gasteiger partial charge is 0.496 e. The summed E-state index contributed by atoms with van der Waals surface area (Å²) < 4.78 is 24.0. The lowest BCUT2D eigenvalue weighted by molar-refractivity contribution is -0.128. The van der Waals surface area contributed by atoms with E-state index >= 15 is 0 Å². The number of ether oxygens (including phenoxy) is 2. The van der Waals surface area contributed by atoms with Crippen molar-refractivity contribution in [2.75, 3.05) is 20.0 Å². The summed E-state index contributed by atoms with van der Waals surface area (Å²) in [6.45, 7) is 0.415. The SMILES string of the molecule is COc1cccc(OC)c1C1SCC(=O)N1Cc1ccc(F)cc1. The van der Waals surface area contributed by atoms with Gasteiger partial charge in [0.25, 0.3) is 0 Å². The summed E-state index contributed by atoms with van der Waals surface area (Å²) in [4.78, 5) is 14.2. The average Bonchev–Trinajstić information content (AvgIpc) is 2.96. The van der Waals surface area contributed by atoms with Crippen LogP contribution in [0.2, 0.25) is 0 Å². The molecule has 3 rings (SSSR count). The van der Waals surface area contributed by atoms with Gasteiger partial charge in [-0.1, -0.05) is 18.2 Å². The van der Waals surface area contributed by atoms with Crippen LogP contribution >= 0.6 is 11.8 Å². The lowest BCUT2D eigenvalue weighted by Gasteiger charge is -2.27. The normalized spacial score (nSPS) is 17.2. The summed E-state index contributed by atoms with van der Waals surface area (Å²) in [5.41, 5.74) is 1.73. The molecule has 0 aliphatic carbocycles. The van der Waals surface area contributed by atoms with Gasteiger partial charge in [0.1, 0.15) is 22.7 Å². The topological polar surface area (TPSA) is 38.8 Å². The summed E-state index contributed by atoms with van der Waals surface area (Å²) in [6.07, 6.45) is 0. The Kier molecular flexibility index (Phi) is 4.94. The number of halogens is 1. The van der Waals surface area contributed by atoms with Crippen molar-refractivity contribution in [3.8, 4) is 11.5 Å². The molecular weight excluding hydrogens is 329 g/mol. The van der Waals surface area contributed by atoms with Crippen molar-refractivity contribution in [2.24, 2.45) is 0 Å². The molecule has 1 heterocycles. The van der Waals surface area contributed by atoms with Crippen molar-refractivity contribution in [3.05, 3.63) is 59.4 Å². The Bertz CT molecular complexity index is 713. The third-order valence-electron chi connectivity index (χ3n) is 3.95. The fourth-order valence-electron chi connectivity index (χ4n) is 2.77. The van der Waals surface area contributed by atoms with Gasteiger partial charge in [0.2, 0.25) is 5.91 Å². The molecule has 1 aliphatic heterocycles. The van der Waals surface area contributed by atoms with Crippen molar-refractivity contribution in [2.45, 2.75) is 11.9 Å². The maximum Gasteiger partial charge on any atom is 0.234 e. The van der Waals surface area contributed by atoms with E-state index in [9.17, 15) is 9.18 Å². The van der Waals surface area contributed by atoms with Gasteiger partial charge >= 0.3 is 0 Å². The number of thioether (sulfide) groups is 1. The average molecular weight is 347 g/mol. The van der Waals surface area contributed by atoms with E-state index in [0.29, 0.717) is 23.8 Å². The molecular formula is C18H18FNO3S. The highest BCUT2D eigenvalue weighted by Gasteiger charge is 2.36. The van der Waals surface area contributed by atoms with Gasteiger partial charge in [0.15, 0.2) is 0 Å². The number of carbonyl (C=O) groups excluding carboxylic acids is 1. The molecule has 126 valence electrons. The second-order valence-corrected chi connectivity index (χ2v) is 6.46. The predicted molar refractivity (Wildman–Crippen MR) is 91.7 cm³/mol. The van der Waals surface area contributed by atoms with Gasteiger partial charge in [0, 0.05) is 6.54 Å². The number of rotatable bonds is 5. The Hall–Kier alpha value is -2.21. The summed E-state index contributed by atoms with van der Waals surface area (Å²) in [5.74, 6) is 1.52. The third kappa shape index (κ3) is 3.19. The van der Waals surface area contributed by atoms with Crippen LogP contribution in [0.1, 0.15) is 16.5 Å². The van der Waals surface area contributed by atoms with Crippen LogP contribution in [0.3, 0.4) is 0 Å². The van der Waals surface area contributed by atoms with Crippen LogP contribution in [0.25, 0.3) is 0 Å². The highest BCUT2D eigenvalue weighted by atomic mass is 32.2. The van der Waals surface area contributed by atoms with Crippen LogP contribution in [-0.4, -0.2) is 30.8 Å². The molecule has 1 unspecified atom stereocenters. The van der Waals surface area contributed by atoms with Crippen molar-refractivity contribution in [3.63, 3.8) is 0 Å². The van der Waals surface area contributed by atoms with E-state index in [4.69, 9.17) is 9.47 Å². The van der Waals surface area contributed by atoms with Gasteiger partial charge in [-0.25, -0.2) is 4.39 Å². The Labute approximate surface area is 144 Å². The molecule has 6 heteroatoms. The van der Waals surface area contributed by atoms with Gasteiger partial charge in [-0.2, -0.15) is 0 Å². The molecule has 1 fully saturated rings. The second-order valence-electron chi connectivity index (χ2n) is 5.39. The van der Waals surface area contributed by atoms with Crippen LogP contribution in [0.4, 0.5) is 4.39 Å². The van der Waals surface area contributed by atoms with Gasteiger partial charge in [0.05, 0.1) is 25.5 Å². The first-order valence-corrected chi connectivity index (χ1v) is 8.55. The van der Waals surface area contributed by atoms with Crippen molar-refractivity contribution in [1.82, 2.24) is 4.90 Å². The lowest BCUT2D eigenvalue weighted by atomic mass is 10.1. The predicted octanol–water partition coefficient (Wildman–Crippen LogP) is 3.62. The number of methoxy groups -OCH3 is 2. The molecule has 0 bridgehead atoms. The summed E-state index contributed by atoms with van der Waals surface area (Å²) >= 11 is 1.54. The van der Waals surface area contributed by atoms with Crippen LogP contribution in [0.5, 0.6) is 11.5 Å². The van der Waals surface area contributed by atoms with E-state index in [1.54, 1.807) is 31.3 Å². The maximum absolute atomic E-state index is 13.1. The minimum atomic E-state index is -0.288. The van der Waals surface area contributed by atoms with E-state index in [-0.39, 0.29) is 17.1 Å². The fraction of sp³-hybridized carbons (Fsp3) is 0.278. The number of amides is 1. The minimum Gasteiger partial charge on any atom is -0.496 e. The highest BCUT2D eigenvalue weighted by Crippen LogP contribution is 2.47. The Morgan fingerprint density at radius 3 is 2.33 bits per heavy atom. The summed E-state index contributed by atoms with van der Waals surface area (Å²) in [5, 5.41) is -0.200. The Balaban J connectivity index is 1.95. The molecule has 4 nitrogen and oxygen atoms in total. The fourth-order valence-corrected chi connectivity index (χ4v) is 4.01. The maximum atomic E-state index is 13.1. The summed E-state index contributed by atoms with van der Waals surface area (Å²) in [6, 6.07) is 11.8. The zero-order chi connectivity index (χ0) is 17.1. The third-order valence-corrected chi connectivity index (χ3v) is 5.17. The molecule has 1 saturated heterocycles. The van der Waals surface area contributed by atoms with E-state index in [1.165, 1.54) is 23.9 Å². The standard InChI is InChI=1S/C18H18FNO3S/c1-22-14-4-3-5-15(23-2)17(14)18-20(16(21)11-24-18)10-12-6-8-13(19)9-7-12/h3-9,18H,10-11H2,1-2H3. The lowest BCUT2D eigenvalue weighted by Crippen LogP contribution is -2.28. The van der Waals surface area contributed by atoms with Crippen molar-refractivity contribution in [1.29, 1.82) is 0 Å². The highest BCUT2D eigenvalue weighted by molar-refractivity contribution is 8.00. The molecule has 0 N–H and O–H groups in total. The molecule has 24 heavy (non-hydrogen) atoms. The first-order valence-electron chi connectivity index (χ1n) is 7.50. The van der Waals surface area contributed by atoms with E-state index in [1.807, 2.05) is 18.2 Å². The molecule has 0 saturated carbocycles. The Morgan fingerprint density at radius 1 is 1.12 bits per heavy atom. The molecule has 1 amide bonds. The van der Waals surface area contributed by atoms with Gasteiger partial charge in [-0.3, -0.25) is 4.79 Å². The minimum absolute atomic E-state index is 0.0438. The molecule has 2 aromatic rings. The molecule has 1 aliphatic rings. The first-order chi connectivity index (χ1) is 11.6. The molecule has 0 spiro atoms. The first kappa shape index (κ1) is 16.6. The quantitative estimate of drug-likeness (QED) is 0.828. The van der Waals surface area contributed by atoms with Crippen LogP contribution in [-0.2, 0) is 11.3 Å². The zero-order valence-electron chi connectivity index (χ0n) is 13.5. The van der Waals surface area contributed by atoms with Crippen LogP contribution in [0.15, 0.2) is 42.5 Å². The van der Waals surface area contributed by atoms with E-state index in [2.05, 4.69) is 0 Å². The molecule has 0 aromatic heterocycles. The molecule has 2 aromatic carbocycles. The number of hydrogen-bond donors (Lipinski definition) is 0. The smallest absolute Gasteiger partial charge is 0.234 e. The number of benzene rings is 2. The van der Waals surface area contributed by atoms with Crippen molar-refractivity contribution < 1.29 is 18.7 Å². The molecule has 0 radical (unpaired) electrons. The van der Waals surface area contributed by atoms with Gasteiger partial charge in [-0.15, -0.1) is 11.8 Å². The van der Waals surface area contributed by atoms with E-state index in [0.717, 1.165) is 11.1 Å². The zero-order valence-corrected chi connectivity index (χ0v) is 14.3. The number of hydrogen-bond acceptors (Lipinski definition) is 4. The Morgan fingerprint density at radius 2 is 1.75 bits per heavy atom. The van der Waals surface area contributed by atoms with Gasteiger partial charge in [-0.05, 0) is 29.8 Å². The van der Waals surface area contributed by atoms with Crippen LogP contribution < -0.4 is 9.47 Å². The van der Waals surface area contributed by atoms with Crippen molar-refractivity contribution >= 4 is 17.7 Å².